The third kappa shape index (κ3) is 3.63. The number of likely N-dealkylation sites (N-methyl/N-ethyl adjacent to an activating group) is 1. The Hall–Kier alpha value is -1.69. The number of fused-ring (bicyclic) bond motifs is 1. The molecular formula is C16H17Cl2NO4. The van der Waals surface area contributed by atoms with Crippen molar-refractivity contribution in [2.24, 2.45) is 0 Å². The van der Waals surface area contributed by atoms with Crippen molar-refractivity contribution in [3.8, 4) is 5.75 Å². The quantitative estimate of drug-likeness (QED) is 0.783. The summed E-state index contributed by atoms with van der Waals surface area (Å²) in [6.45, 7) is 1.52. The number of nitrogens with zero attached hydrogens (tertiary/aromatic N) is 1. The monoisotopic (exact) mass is 357 g/mol. The third-order valence-electron chi connectivity index (χ3n) is 3.64. The smallest absolute Gasteiger partial charge is 0.339 e. The molecule has 0 bridgehead atoms. The van der Waals surface area contributed by atoms with Gasteiger partial charge in [-0.2, -0.15) is 0 Å². The first-order valence-corrected chi connectivity index (χ1v) is 7.25. The average molecular weight is 358 g/mol. The highest BCUT2D eigenvalue weighted by atomic mass is 35.5. The second kappa shape index (κ2) is 7.25. The van der Waals surface area contributed by atoms with Gasteiger partial charge in [-0.3, -0.25) is 4.90 Å². The van der Waals surface area contributed by atoms with Gasteiger partial charge in [0.1, 0.15) is 17.6 Å². The number of benzene rings is 1. The Kier molecular flexibility index (Phi) is 5.57. The van der Waals surface area contributed by atoms with E-state index in [-0.39, 0.29) is 18.5 Å². The number of carbonyl (C=O) groups is 1. The molecular weight excluding hydrogens is 341 g/mol. The lowest BCUT2D eigenvalue weighted by Gasteiger charge is -2.29. The molecule has 1 aliphatic rings. The Morgan fingerprint density at radius 2 is 2.17 bits per heavy atom. The lowest BCUT2D eigenvalue weighted by atomic mass is 10.1. The van der Waals surface area contributed by atoms with E-state index < -0.39 is 5.97 Å². The number of halogens is 2. The summed E-state index contributed by atoms with van der Waals surface area (Å²) in [6, 6.07) is 6.87. The molecule has 0 N–H and O–H groups in total. The number of rotatable bonds is 3. The zero-order valence-electron chi connectivity index (χ0n) is 12.7. The van der Waals surface area contributed by atoms with Crippen LogP contribution < -0.4 is 4.74 Å². The summed E-state index contributed by atoms with van der Waals surface area (Å²) >= 11 is 6.12. The molecule has 2 heterocycles. The van der Waals surface area contributed by atoms with Crippen LogP contribution in [0.2, 0.25) is 5.02 Å². The molecule has 124 valence electrons. The average Bonchev–Trinajstić information content (AvgIpc) is 2.95. The minimum Gasteiger partial charge on any atom is -0.484 e. The SMILES string of the molecule is COC(=O)c1ccc(OC2CN(C)Cc3occc32)cc1Cl.Cl. The van der Waals surface area contributed by atoms with Crippen molar-refractivity contribution >= 4 is 30.0 Å². The maximum atomic E-state index is 11.5. The van der Waals surface area contributed by atoms with Crippen LogP contribution in [-0.4, -0.2) is 31.6 Å². The fraction of sp³-hybridized carbons (Fsp3) is 0.312. The summed E-state index contributed by atoms with van der Waals surface area (Å²) < 4.78 is 16.2. The lowest BCUT2D eigenvalue weighted by Crippen LogP contribution is -2.32. The van der Waals surface area contributed by atoms with E-state index >= 15 is 0 Å². The summed E-state index contributed by atoms with van der Waals surface area (Å²) in [7, 11) is 3.33. The van der Waals surface area contributed by atoms with Crippen LogP contribution in [0.1, 0.15) is 27.8 Å². The molecule has 0 saturated heterocycles. The van der Waals surface area contributed by atoms with Gasteiger partial charge in [-0.25, -0.2) is 4.79 Å². The van der Waals surface area contributed by atoms with Crippen molar-refractivity contribution < 1.29 is 18.7 Å². The molecule has 0 radical (unpaired) electrons. The Balaban J connectivity index is 0.00000192. The molecule has 2 aromatic rings. The second-order valence-electron chi connectivity index (χ2n) is 5.24. The molecule has 0 saturated carbocycles. The first-order valence-electron chi connectivity index (χ1n) is 6.88. The number of methoxy groups -OCH3 is 1. The van der Waals surface area contributed by atoms with Crippen LogP contribution in [-0.2, 0) is 11.3 Å². The van der Waals surface area contributed by atoms with Crippen molar-refractivity contribution in [1.29, 1.82) is 0 Å². The predicted octanol–water partition coefficient (Wildman–Crippen LogP) is 3.71. The zero-order valence-corrected chi connectivity index (χ0v) is 14.3. The fourth-order valence-corrected chi connectivity index (χ4v) is 2.81. The van der Waals surface area contributed by atoms with Gasteiger partial charge in [-0.15, -0.1) is 12.4 Å². The molecule has 1 aromatic carbocycles. The van der Waals surface area contributed by atoms with Crippen molar-refractivity contribution in [2.45, 2.75) is 12.6 Å². The van der Waals surface area contributed by atoms with Crippen molar-refractivity contribution in [1.82, 2.24) is 4.90 Å². The normalized spacial score (nSPS) is 17.1. The van der Waals surface area contributed by atoms with Crippen LogP contribution in [0.4, 0.5) is 0 Å². The lowest BCUT2D eigenvalue weighted by molar-refractivity contribution is 0.0601. The van der Waals surface area contributed by atoms with Crippen molar-refractivity contribution in [2.75, 3.05) is 20.7 Å². The minimum atomic E-state index is -0.467. The minimum absolute atomic E-state index is 0. The zero-order chi connectivity index (χ0) is 15.7. The van der Waals surface area contributed by atoms with Crippen LogP contribution in [0, 0.1) is 0 Å². The first-order chi connectivity index (χ1) is 10.6. The first kappa shape index (κ1) is 17.7. The Morgan fingerprint density at radius 1 is 1.39 bits per heavy atom. The second-order valence-corrected chi connectivity index (χ2v) is 5.64. The molecule has 0 aliphatic carbocycles. The van der Waals surface area contributed by atoms with Crippen LogP contribution >= 0.6 is 24.0 Å². The van der Waals surface area contributed by atoms with E-state index in [9.17, 15) is 4.79 Å². The van der Waals surface area contributed by atoms with Gasteiger partial charge in [-0.05, 0) is 31.3 Å². The number of furan rings is 1. The van der Waals surface area contributed by atoms with Gasteiger partial charge in [0.05, 0.1) is 30.5 Å². The van der Waals surface area contributed by atoms with E-state index in [1.807, 2.05) is 13.1 Å². The van der Waals surface area contributed by atoms with E-state index in [1.165, 1.54) is 7.11 Å². The van der Waals surface area contributed by atoms with Gasteiger partial charge < -0.3 is 13.9 Å². The maximum Gasteiger partial charge on any atom is 0.339 e. The Morgan fingerprint density at radius 3 is 2.87 bits per heavy atom. The number of ether oxygens (including phenoxy) is 2. The largest absolute Gasteiger partial charge is 0.484 e. The van der Waals surface area contributed by atoms with Gasteiger partial charge in [0, 0.05) is 12.1 Å². The summed E-state index contributed by atoms with van der Waals surface area (Å²) in [5, 5.41) is 0.306. The van der Waals surface area contributed by atoms with Crippen LogP contribution in [0.5, 0.6) is 5.75 Å². The van der Waals surface area contributed by atoms with E-state index in [4.69, 9.17) is 20.8 Å². The maximum absolute atomic E-state index is 11.5. The number of esters is 1. The summed E-state index contributed by atoms with van der Waals surface area (Å²) in [5.41, 5.74) is 1.37. The molecule has 3 rings (SSSR count). The molecule has 1 unspecified atom stereocenters. The van der Waals surface area contributed by atoms with Gasteiger partial charge in [-0.1, -0.05) is 11.6 Å². The Bertz CT molecular complexity index is 701. The number of carbonyl (C=O) groups excluding carboxylic acids is 1. The molecule has 0 amide bonds. The molecule has 7 heteroatoms. The molecule has 1 aromatic heterocycles. The Labute approximate surface area is 145 Å². The summed E-state index contributed by atoms with van der Waals surface area (Å²) in [6.07, 6.45) is 1.54. The van der Waals surface area contributed by atoms with E-state index in [1.54, 1.807) is 24.5 Å². The highest BCUT2D eigenvalue weighted by molar-refractivity contribution is 6.33. The van der Waals surface area contributed by atoms with Crippen molar-refractivity contribution in [3.63, 3.8) is 0 Å². The fourth-order valence-electron chi connectivity index (χ4n) is 2.57. The molecule has 23 heavy (non-hydrogen) atoms. The molecule has 1 aliphatic heterocycles. The predicted molar refractivity (Wildman–Crippen MR) is 88.5 cm³/mol. The molecule has 1 atom stereocenters. The summed E-state index contributed by atoms with van der Waals surface area (Å²) in [5.74, 6) is 1.05. The molecule has 0 fully saturated rings. The van der Waals surface area contributed by atoms with Crippen LogP contribution in [0.15, 0.2) is 34.9 Å². The highest BCUT2D eigenvalue weighted by Gasteiger charge is 2.27. The van der Waals surface area contributed by atoms with Gasteiger partial charge >= 0.3 is 5.97 Å². The van der Waals surface area contributed by atoms with E-state index in [2.05, 4.69) is 9.64 Å². The van der Waals surface area contributed by atoms with Gasteiger partial charge in [0.25, 0.3) is 0 Å². The van der Waals surface area contributed by atoms with Crippen LogP contribution in [0.3, 0.4) is 0 Å². The highest BCUT2D eigenvalue weighted by Crippen LogP contribution is 2.32. The number of hydrogen-bond acceptors (Lipinski definition) is 5. The van der Waals surface area contributed by atoms with E-state index in [0.717, 1.165) is 24.4 Å². The van der Waals surface area contributed by atoms with Gasteiger partial charge in [0.2, 0.25) is 0 Å². The van der Waals surface area contributed by atoms with Gasteiger partial charge in [0.15, 0.2) is 0 Å². The molecule has 0 spiro atoms. The van der Waals surface area contributed by atoms with E-state index in [0.29, 0.717) is 16.3 Å². The third-order valence-corrected chi connectivity index (χ3v) is 3.95. The van der Waals surface area contributed by atoms with Crippen LogP contribution in [0.25, 0.3) is 0 Å². The van der Waals surface area contributed by atoms with Crippen molar-refractivity contribution in [3.05, 3.63) is 52.4 Å². The molecule has 5 nitrogen and oxygen atoms in total. The number of hydrogen-bond donors (Lipinski definition) is 0. The summed E-state index contributed by atoms with van der Waals surface area (Å²) in [4.78, 5) is 13.7. The topological polar surface area (TPSA) is 51.9 Å². The standard InChI is InChI=1S/C16H16ClNO4.ClH/c1-18-8-14-12(5-6-21-14)15(9-18)22-10-3-4-11(13(17)7-10)16(19)20-2;/h3-7,15H,8-9H2,1-2H3;1H.